The molecule has 2 heterocycles. The molecule has 0 bridgehead atoms. The standard InChI is InChI=1S/C12H17BrN2OS/c1-2-15-4-3-9(7-15)6-14-12(16)10-5-11(13)17-8-10/h5,8-9H,2-4,6-7H2,1H3,(H,14,16). The molecular formula is C12H17BrN2OS. The fourth-order valence-corrected chi connectivity index (χ4v) is 3.27. The van der Waals surface area contributed by atoms with Crippen LogP contribution in [0.2, 0.25) is 0 Å². The number of hydrogen-bond donors (Lipinski definition) is 1. The van der Waals surface area contributed by atoms with Gasteiger partial charge in [0.2, 0.25) is 0 Å². The average Bonchev–Trinajstić information content (AvgIpc) is 2.94. The molecule has 2 rings (SSSR count). The fraction of sp³-hybridized carbons (Fsp3) is 0.583. The van der Waals surface area contributed by atoms with Gasteiger partial charge in [0.15, 0.2) is 0 Å². The fourth-order valence-electron chi connectivity index (χ4n) is 2.13. The molecule has 1 aliphatic heterocycles. The Morgan fingerprint density at radius 3 is 3.12 bits per heavy atom. The molecule has 1 N–H and O–H groups in total. The van der Waals surface area contributed by atoms with Gasteiger partial charge in [0.25, 0.3) is 5.91 Å². The van der Waals surface area contributed by atoms with Crippen LogP contribution in [0.25, 0.3) is 0 Å². The Morgan fingerprint density at radius 1 is 1.71 bits per heavy atom. The second-order valence-corrected chi connectivity index (χ2v) is 6.69. The summed E-state index contributed by atoms with van der Waals surface area (Å²) in [5, 5.41) is 4.90. The van der Waals surface area contributed by atoms with E-state index >= 15 is 0 Å². The largest absolute Gasteiger partial charge is 0.352 e. The lowest BCUT2D eigenvalue weighted by Gasteiger charge is -2.13. The van der Waals surface area contributed by atoms with Gasteiger partial charge in [-0.25, -0.2) is 0 Å². The van der Waals surface area contributed by atoms with Crippen molar-refractivity contribution in [3.63, 3.8) is 0 Å². The van der Waals surface area contributed by atoms with Crippen molar-refractivity contribution in [2.24, 2.45) is 5.92 Å². The molecule has 1 aliphatic rings. The van der Waals surface area contributed by atoms with Crippen LogP contribution in [-0.4, -0.2) is 37.0 Å². The number of carbonyl (C=O) groups is 1. The quantitative estimate of drug-likeness (QED) is 0.926. The topological polar surface area (TPSA) is 32.3 Å². The number of amides is 1. The molecule has 0 spiro atoms. The van der Waals surface area contributed by atoms with Crippen molar-refractivity contribution in [2.75, 3.05) is 26.2 Å². The highest BCUT2D eigenvalue weighted by atomic mass is 79.9. The van der Waals surface area contributed by atoms with E-state index in [1.54, 1.807) is 11.3 Å². The lowest BCUT2D eigenvalue weighted by molar-refractivity contribution is 0.0948. The number of likely N-dealkylation sites (tertiary alicyclic amines) is 1. The van der Waals surface area contributed by atoms with Crippen LogP contribution in [0.15, 0.2) is 15.2 Å². The zero-order chi connectivity index (χ0) is 12.3. The Kier molecular flexibility index (Phi) is 4.59. The van der Waals surface area contributed by atoms with Crippen molar-refractivity contribution >= 4 is 33.2 Å². The van der Waals surface area contributed by atoms with Crippen molar-refractivity contribution in [1.29, 1.82) is 0 Å². The third-order valence-electron chi connectivity index (χ3n) is 3.20. The maximum atomic E-state index is 11.8. The molecule has 0 saturated carbocycles. The monoisotopic (exact) mass is 316 g/mol. The summed E-state index contributed by atoms with van der Waals surface area (Å²) in [6, 6.07) is 1.87. The molecule has 1 amide bonds. The number of carbonyl (C=O) groups excluding carboxylic acids is 1. The van der Waals surface area contributed by atoms with E-state index in [4.69, 9.17) is 0 Å². The van der Waals surface area contributed by atoms with Crippen molar-refractivity contribution in [3.05, 3.63) is 20.8 Å². The molecule has 1 fully saturated rings. The summed E-state index contributed by atoms with van der Waals surface area (Å²) in [6.07, 6.45) is 1.20. The maximum Gasteiger partial charge on any atom is 0.252 e. The first kappa shape index (κ1) is 13.1. The van der Waals surface area contributed by atoms with Crippen molar-refractivity contribution < 1.29 is 4.79 Å². The summed E-state index contributed by atoms with van der Waals surface area (Å²) in [7, 11) is 0. The number of hydrogen-bond acceptors (Lipinski definition) is 3. The number of nitrogens with one attached hydrogen (secondary N) is 1. The predicted octanol–water partition coefficient (Wildman–Crippen LogP) is 2.58. The van der Waals surface area contributed by atoms with Gasteiger partial charge in [-0.05, 0) is 47.4 Å². The lowest BCUT2D eigenvalue weighted by Crippen LogP contribution is -2.30. The molecule has 17 heavy (non-hydrogen) atoms. The molecule has 1 saturated heterocycles. The number of rotatable bonds is 4. The second kappa shape index (κ2) is 5.98. The summed E-state index contributed by atoms with van der Waals surface area (Å²) < 4.78 is 1.00. The van der Waals surface area contributed by atoms with Crippen LogP contribution in [0.4, 0.5) is 0 Å². The highest BCUT2D eigenvalue weighted by Crippen LogP contribution is 2.20. The summed E-state index contributed by atoms with van der Waals surface area (Å²) in [5.41, 5.74) is 0.757. The Bertz CT molecular complexity index is 394. The van der Waals surface area contributed by atoms with Crippen LogP contribution >= 0.6 is 27.3 Å². The Balaban J connectivity index is 1.77. The second-order valence-electron chi connectivity index (χ2n) is 4.40. The van der Waals surface area contributed by atoms with Crippen molar-refractivity contribution in [3.8, 4) is 0 Å². The van der Waals surface area contributed by atoms with E-state index < -0.39 is 0 Å². The lowest BCUT2D eigenvalue weighted by atomic mass is 10.1. The zero-order valence-corrected chi connectivity index (χ0v) is 12.3. The van der Waals surface area contributed by atoms with Crippen LogP contribution < -0.4 is 5.32 Å². The van der Waals surface area contributed by atoms with Gasteiger partial charge in [0, 0.05) is 18.5 Å². The van der Waals surface area contributed by atoms with Gasteiger partial charge >= 0.3 is 0 Å². The van der Waals surface area contributed by atoms with Crippen molar-refractivity contribution in [2.45, 2.75) is 13.3 Å². The van der Waals surface area contributed by atoms with E-state index in [-0.39, 0.29) is 5.91 Å². The third kappa shape index (κ3) is 3.53. The summed E-state index contributed by atoms with van der Waals surface area (Å²) in [6.45, 7) is 6.37. The SMILES string of the molecule is CCN1CCC(CNC(=O)c2csc(Br)c2)C1. The van der Waals surface area contributed by atoms with E-state index in [2.05, 4.69) is 33.1 Å². The van der Waals surface area contributed by atoms with E-state index in [9.17, 15) is 4.79 Å². The summed E-state index contributed by atoms with van der Waals surface area (Å²) in [4.78, 5) is 14.3. The van der Waals surface area contributed by atoms with Gasteiger partial charge in [0.1, 0.15) is 0 Å². The van der Waals surface area contributed by atoms with Gasteiger partial charge in [-0.3, -0.25) is 4.79 Å². The molecule has 1 aromatic heterocycles. The molecule has 1 atom stereocenters. The zero-order valence-electron chi connectivity index (χ0n) is 9.91. The predicted molar refractivity (Wildman–Crippen MR) is 74.6 cm³/mol. The Labute approximate surface area is 114 Å². The Morgan fingerprint density at radius 2 is 2.53 bits per heavy atom. The van der Waals surface area contributed by atoms with Gasteiger partial charge in [0.05, 0.1) is 9.35 Å². The molecule has 1 aromatic rings. The minimum Gasteiger partial charge on any atom is -0.352 e. The first-order valence-corrected chi connectivity index (χ1v) is 7.61. The van der Waals surface area contributed by atoms with Crippen LogP contribution in [0.3, 0.4) is 0 Å². The maximum absolute atomic E-state index is 11.8. The number of thiophene rings is 1. The highest BCUT2D eigenvalue weighted by Gasteiger charge is 2.21. The molecule has 0 aromatic carbocycles. The molecule has 0 radical (unpaired) electrons. The number of nitrogens with zero attached hydrogens (tertiary/aromatic N) is 1. The van der Waals surface area contributed by atoms with Crippen LogP contribution in [0.5, 0.6) is 0 Å². The van der Waals surface area contributed by atoms with Crippen LogP contribution in [-0.2, 0) is 0 Å². The Hall–Kier alpha value is -0.390. The van der Waals surface area contributed by atoms with Gasteiger partial charge < -0.3 is 10.2 Å². The highest BCUT2D eigenvalue weighted by molar-refractivity contribution is 9.11. The van der Waals surface area contributed by atoms with Crippen LogP contribution in [0, 0.1) is 5.92 Å². The van der Waals surface area contributed by atoms with Gasteiger partial charge in [-0.2, -0.15) is 0 Å². The van der Waals surface area contributed by atoms with E-state index in [0.29, 0.717) is 5.92 Å². The minimum absolute atomic E-state index is 0.0434. The first-order chi connectivity index (χ1) is 8.19. The normalized spacial score (nSPS) is 20.7. The van der Waals surface area contributed by atoms with Crippen LogP contribution in [0.1, 0.15) is 23.7 Å². The summed E-state index contributed by atoms with van der Waals surface area (Å²) >= 11 is 4.91. The molecular weight excluding hydrogens is 300 g/mol. The smallest absolute Gasteiger partial charge is 0.252 e. The summed E-state index contributed by atoms with van der Waals surface area (Å²) in [5.74, 6) is 0.655. The third-order valence-corrected chi connectivity index (χ3v) is 4.70. The van der Waals surface area contributed by atoms with E-state index in [0.717, 1.165) is 29.0 Å². The van der Waals surface area contributed by atoms with Gasteiger partial charge in [-0.1, -0.05) is 6.92 Å². The molecule has 94 valence electrons. The van der Waals surface area contributed by atoms with E-state index in [1.807, 2.05) is 11.4 Å². The average molecular weight is 317 g/mol. The number of halogens is 1. The van der Waals surface area contributed by atoms with E-state index in [1.165, 1.54) is 13.0 Å². The van der Waals surface area contributed by atoms with Gasteiger partial charge in [-0.15, -0.1) is 11.3 Å². The molecule has 3 nitrogen and oxygen atoms in total. The first-order valence-electron chi connectivity index (χ1n) is 5.93. The minimum atomic E-state index is 0.0434. The molecule has 0 aliphatic carbocycles. The molecule has 5 heteroatoms. The van der Waals surface area contributed by atoms with Crippen molar-refractivity contribution in [1.82, 2.24) is 10.2 Å². The molecule has 1 unspecified atom stereocenters.